The molecule has 0 radical (unpaired) electrons. The molecule has 0 atom stereocenters. The fraction of sp³-hybridized carbons (Fsp3) is 0.125. The molecule has 0 aliphatic rings. The zero-order valence-electron chi connectivity index (χ0n) is 11.8. The third kappa shape index (κ3) is 3.51. The second kappa shape index (κ2) is 5.97. The summed E-state index contributed by atoms with van der Waals surface area (Å²) < 4.78 is 0. The maximum Gasteiger partial charge on any atom is 0.323 e. The summed E-state index contributed by atoms with van der Waals surface area (Å²) in [5.41, 5.74) is 3.09. The van der Waals surface area contributed by atoms with Gasteiger partial charge in [0.15, 0.2) is 0 Å². The van der Waals surface area contributed by atoms with Crippen LogP contribution in [0.1, 0.15) is 16.7 Å². The van der Waals surface area contributed by atoms with E-state index in [0.717, 1.165) is 5.56 Å². The van der Waals surface area contributed by atoms with Crippen LogP contribution in [0.2, 0.25) is 0 Å². The Hall–Kier alpha value is -3.00. The van der Waals surface area contributed by atoms with Crippen LogP contribution >= 0.6 is 0 Å². The molecule has 5 nitrogen and oxygen atoms in total. The van der Waals surface area contributed by atoms with Gasteiger partial charge in [0, 0.05) is 11.4 Å². The van der Waals surface area contributed by atoms with Gasteiger partial charge in [-0.05, 0) is 55.3 Å². The summed E-state index contributed by atoms with van der Waals surface area (Å²) in [6, 6.07) is 11.6. The average Bonchev–Trinajstić information content (AvgIpc) is 2.45. The molecule has 5 heteroatoms. The number of nitriles is 1. The minimum atomic E-state index is -0.404. The number of rotatable bonds is 2. The fourth-order valence-corrected chi connectivity index (χ4v) is 1.89. The van der Waals surface area contributed by atoms with E-state index in [4.69, 9.17) is 5.26 Å². The van der Waals surface area contributed by atoms with Crippen molar-refractivity contribution in [1.82, 2.24) is 0 Å². The van der Waals surface area contributed by atoms with Gasteiger partial charge in [0.25, 0.3) is 0 Å². The highest BCUT2D eigenvalue weighted by molar-refractivity contribution is 6.00. The Morgan fingerprint density at radius 3 is 2.62 bits per heavy atom. The van der Waals surface area contributed by atoms with E-state index in [0.29, 0.717) is 22.5 Å². The normalized spacial score (nSPS) is 9.76. The van der Waals surface area contributed by atoms with Crippen molar-refractivity contribution in [2.45, 2.75) is 13.8 Å². The van der Waals surface area contributed by atoms with Crippen LogP contribution in [-0.2, 0) is 0 Å². The van der Waals surface area contributed by atoms with Crippen LogP contribution in [0.3, 0.4) is 0 Å². The number of nitrogens with zero attached hydrogens (tertiary/aromatic N) is 1. The van der Waals surface area contributed by atoms with E-state index in [2.05, 4.69) is 10.6 Å². The van der Waals surface area contributed by atoms with Crippen LogP contribution in [0, 0.1) is 25.2 Å². The van der Waals surface area contributed by atoms with E-state index < -0.39 is 6.03 Å². The highest BCUT2D eigenvalue weighted by Crippen LogP contribution is 2.25. The molecule has 0 saturated heterocycles. The first-order valence-corrected chi connectivity index (χ1v) is 6.38. The lowest BCUT2D eigenvalue weighted by atomic mass is 10.1. The van der Waals surface area contributed by atoms with E-state index in [9.17, 15) is 9.90 Å². The number of urea groups is 1. The molecule has 2 rings (SSSR count). The van der Waals surface area contributed by atoms with Gasteiger partial charge in [-0.15, -0.1) is 0 Å². The SMILES string of the molecule is Cc1cc(NC(=O)Nc2cccc(C#N)c2)c(C)cc1O. The third-order valence-corrected chi connectivity index (χ3v) is 3.04. The standard InChI is InChI=1S/C16H15N3O2/c1-10-7-15(20)11(2)6-14(10)19-16(21)18-13-5-3-4-12(8-13)9-17/h3-8,20H,1-2H3,(H2,18,19,21). The Morgan fingerprint density at radius 2 is 1.90 bits per heavy atom. The molecule has 0 aromatic heterocycles. The minimum Gasteiger partial charge on any atom is -0.508 e. The predicted octanol–water partition coefficient (Wildman–Crippen LogP) is 3.52. The summed E-state index contributed by atoms with van der Waals surface area (Å²) in [5.74, 6) is 0.195. The Morgan fingerprint density at radius 1 is 1.14 bits per heavy atom. The van der Waals surface area contributed by atoms with E-state index in [-0.39, 0.29) is 5.75 Å². The van der Waals surface area contributed by atoms with Crippen LogP contribution in [-0.4, -0.2) is 11.1 Å². The molecular formula is C16H15N3O2. The number of aromatic hydroxyl groups is 1. The van der Waals surface area contributed by atoms with Gasteiger partial charge in [-0.2, -0.15) is 5.26 Å². The molecule has 0 aliphatic carbocycles. The quantitative estimate of drug-likeness (QED) is 0.736. The summed E-state index contributed by atoms with van der Waals surface area (Å²) >= 11 is 0. The first-order chi connectivity index (χ1) is 9.99. The molecule has 0 saturated carbocycles. The minimum absolute atomic E-state index is 0.195. The lowest BCUT2D eigenvalue weighted by molar-refractivity contribution is 0.262. The second-order valence-electron chi connectivity index (χ2n) is 4.73. The molecule has 0 unspecified atom stereocenters. The molecule has 0 bridgehead atoms. The molecule has 21 heavy (non-hydrogen) atoms. The highest BCUT2D eigenvalue weighted by Gasteiger charge is 2.08. The largest absolute Gasteiger partial charge is 0.508 e. The zero-order valence-corrected chi connectivity index (χ0v) is 11.8. The Labute approximate surface area is 122 Å². The van der Waals surface area contributed by atoms with E-state index in [1.807, 2.05) is 6.07 Å². The van der Waals surface area contributed by atoms with Gasteiger partial charge >= 0.3 is 6.03 Å². The van der Waals surface area contributed by atoms with Gasteiger partial charge in [0.2, 0.25) is 0 Å². The molecule has 2 aromatic carbocycles. The van der Waals surface area contributed by atoms with Crippen molar-refractivity contribution in [3.05, 3.63) is 53.1 Å². The molecule has 106 valence electrons. The Balaban J connectivity index is 2.12. The molecule has 0 aliphatic heterocycles. The summed E-state index contributed by atoms with van der Waals surface area (Å²) in [6.07, 6.45) is 0. The predicted molar refractivity (Wildman–Crippen MR) is 81.4 cm³/mol. The first kappa shape index (κ1) is 14.4. The number of aryl methyl sites for hydroxylation is 2. The summed E-state index contributed by atoms with van der Waals surface area (Å²) in [6.45, 7) is 3.55. The summed E-state index contributed by atoms with van der Waals surface area (Å²) in [7, 11) is 0. The van der Waals surface area contributed by atoms with Gasteiger partial charge in [0.05, 0.1) is 11.6 Å². The van der Waals surface area contributed by atoms with Crippen LogP contribution in [0.25, 0.3) is 0 Å². The molecular weight excluding hydrogens is 266 g/mol. The fourth-order valence-electron chi connectivity index (χ4n) is 1.89. The van der Waals surface area contributed by atoms with Crippen molar-refractivity contribution in [1.29, 1.82) is 5.26 Å². The Bertz CT molecular complexity index is 733. The molecule has 2 amide bonds. The van der Waals surface area contributed by atoms with Crippen LogP contribution in [0.4, 0.5) is 16.2 Å². The van der Waals surface area contributed by atoms with Gasteiger partial charge in [-0.1, -0.05) is 6.07 Å². The molecule has 0 fully saturated rings. The number of carbonyl (C=O) groups is 1. The zero-order chi connectivity index (χ0) is 15.4. The monoisotopic (exact) mass is 281 g/mol. The summed E-state index contributed by atoms with van der Waals surface area (Å²) in [4.78, 5) is 12.0. The second-order valence-corrected chi connectivity index (χ2v) is 4.73. The van der Waals surface area contributed by atoms with Gasteiger partial charge < -0.3 is 15.7 Å². The smallest absolute Gasteiger partial charge is 0.323 e. The number of phenols is 1. The van der Waals surface area contributed by atoms with Crippen LogP contribution in [0.5, 0.6) is 5.75 Å². The molecule has 0 heterocycles. The van der Waals surface area contributed by atoms with Crippen molar-refractivity contribution in [3.8, 4) is 11.8 Å². The number of phenolic OH excluding ortho intramolecular Hbond substituents is 1. The maximum absolute atomic E-state index is 12.0. The van der Waals surface area contributed by atoms with E-state index in [1.165, 1.54) is 0 Å². The average molecular weight is 281 g/mol. The van der Waals surface area contributed by atoms with Crippen LogP contribution in [0.15, 0.2) is 36.4 Å². The lowest BCUT2D eigenvalue weighted by Crippen LogP contribution is -2.20. The number of carbonyl (C=O) groups excluding carboxylic acids is 1. The van der Waals surface area contributed by atoms with E-state index >= 15 is 0 Å². The topological polar surface area (TPSA) is 85.2 Å². The van der Waals surface area contributed by atoms with Crippen molar-refractivity contribution < 1.29 is 9.90 Å². The maximum atomic E-state index is 12.0. The first-order valence-electron chi connectivity index (χ1n) is 6.38. The van der Waals surface area contributed by atoms with E-state index in [1.54, 1.807) is 50.2 Å². The number of amides is 2. The van der Waals surface area contributed by atoms with Crippen molar-refractivity contribution in [2.24, 2.45) is 0 Å². The van der Waals surface area contributed by atoms with Crippen molar-refractivity contribution in [3.63, 3.8) is 0 Å². The number of nitrogens with one attached hydrogen (secondary N) is 2. The van der Waals surface area contributed by atoms with Crippen LogP contribution < -0.4 is 10.6 Å². The number of anilines is 2. The third-order valence-electron chi connectivity index (χ3n) is 3.04. The Kier molecular flexibility index (Phi) is 4.10. The molecule has 0 spiro atoms. The number of hydrogen-bond donors (Lipinski definition) is 3. The number of hydrogen-bond acceptors (Lipinski definition) is 3. The van der Waals surface area contributed by atoms with Crippen molar-refractivity contribution in [2.75, 3.05) is 10.6 Å². The number of benzene rings is 2. The van der Waals surface area contributed by atoms with Gasteiger partial charge in [-0.3, -0.25) is 0 Å². The van der Waals surface area contributed by atoms with Crippen molar-refractivity contribution >= 4 is 17.4 Å². The highest BCUT2D eigenvalue weighted by atomic mass is 16.3. The summed E-state index contributed by atoms with van der Waals surface area (Å²) in [5, 5.41) is 23.8. The lowest BCUT2D eigenvalue weighted by Gasteiger charge is -2.11. The van der Waals surface area contributed by atoms with Gasteiger partial charge in [0.1, 0.15) is 5.75 Å². The molecule has 3 N–H and O–H groups in total. The van der Waals surface area contributed by atoms with Gasteiger partial charge in [-0.25, -0.2) is 4.79 Å². The molecule has 2 aromatic rings.